The molecule has 3 aromatic carbocycles. The molecule has 0 spiro atoms. The van der Waals surface area contributed by atoms with E-state index in [1.165, 1.54) is 35.1 Å². The number of rotatable bonds is 7. The van der Waals surface area contributed by atoms with Gasteiger partial charge in [-0.3, -0.25) is 4.99 Å². The molecule has 5 rings (SSSR count). The van der Waals surface area contributed by atoms with Crippen molar-refractivity contribution in [2.45, 2.75) is 46.1 Å². The number of allylic oxidation sites excluding steroid dienone is 2. The van der Waals surface area contributed by atoms with Gasteiger partial charge in [0.2, 0.25) is 0 Å². The molecule has 37 heavy (non-hydrogen) atoms. The zero-order chi connectivity index (χ0) is 25.5. The van der Waals surface area contributed by atoms with Crippen LogP contribution in [0.25, 0.3) is 22.9 Å². The molecule has 0 amide bonds. The fourth-order valence-corrected chi connectivity index (χ4v) is 4.57. The molecule has 4 nitrogen and oxygen atoms in total. The average Bonchev–Trinajstić information content (AvgIpc) is 3.38. The summed E-state index contributed by atoms with van der Waals surface area (Å²) < 4.78 is 0. The van der Waals surface area contributed by atoms with Crippen molar-refractivity contribution < 1.29 is 4.84 Å². The normalized spacial score (nSPS) is 15.5. The highest BCUT2D eigenvalue weighted by Gasteiger charge is 2.13. The van der Waals surface area contributed by atoms with Crippen molar-refractivity contribution >= 4 is 17.9 Å². The van der Waals surface area contributed by atoms with Crippen LogP contribution in [-0.2, 0) is 6.61 Å². The van der Waals surface area contributed by atoms with Gasteiger partial charge in [-0.1, -0.05) is 83.7 Å². The second-order valence-corrected chi connectivity index (χ2v) is 9.46. The van der Waals surface area contributed by atoms with Gasteiger partial charge in [-0.15, -0.1) is 5.10 Å². The van der Waals surface area contributed by atoms with Crippen LogP contribution < -0.4 is 4.84 Å². The quantitative estimate of drug-likeness (QED) is 0.249. The van der Waals surface area contributed by atoms with Crippen molar-refractivity contribution in [1.82, 2.24) is 9.94 Å². The van der Waals surface area contributed by atoms with Crippen LogP contribution in [0.15, 0.2) is 102 Å². The lowest BCUT2D eigenvalue weighted by Crippen LogP contribution is -2.13. The van der Waals surface area contributed by atoms with Crippen LogP contribution in [0.5, 0.6) is 0 Å². The van der Waals surface area contributed by atoms with E-state index in [1.807, 2.05) is 36.4 Å². The van der Waals surface area contributed by atoms with Gasteiger partial charge in [-0.25, -0.2) is 0 Å². The van der Waals surface area contributed by atoms with E-state index in [1.54, 1.807) is 11.0 Å². The predicted molar refractivity (Wildman–Crippen MR) is 153 cm³/mol. The molecular formula is C33H33N3O. The molecule has 0 bridgehead atoms. The van der Waals surface area contributed by atoms with Crippen LogP contribution in [0, 0.1) is 13.8 Å². The van der Waals surface area contributed by atoms with Gasteiger partial charge in [-0.2, -0.15) is 0 Å². The molecule has 1 aromatic heterocycles. The van der Waals surface area contributed by atoms with E-state index >= 15 is 0 Å². The average molecular weight is 488 g/mol. The largest absolute Gasteiger partial charge is 0.391 e. The lowest BCUT2D eigenvalue weighted by Gasteiger charge is -2.15. The fraction of sp³-hybridized carbons (Fsp3) is 0.212. The van der Waals surface area contributed by atoms with Gasteiger partial charge in [-0.05, 0) is 79.5 Å². The molecule has 4 heteroatoms. The number of hydrogen-bond donors (Lipinski definition) is 0. The smallest absolute Gasteiger partial charge is 0.142 e. The summed E-state index contributed by atoms with van der Waals surface area (Å²) in [4.78, 5) is 12.5. The second kappa shape index (κ2) is 11.7. The van der Waals surface area contributed by atoms with E-state index in [4.69, 9.17) is 9.83 Å². The summed E-state index contributed by atoms with van der Waals surface area (Å²) in [6, 6.07) is 27.2. The number of nitrogens with zero attached hydrogens (tertiary/aromatic N) is 3. The van der Waals surface area contributed by atoms with E-state index in [2.05, 4.69) is 79.8 Å². The first kappa shape index (κ1) is 24.5. The topological polar surface area (TPSA) is 39.4 Å². The number of aryl methyl sites for hydroxylation is 1. The highest BCUT2D eigenvalue weighted by Crippen LogP contribution is 2.32. The first-order valence-corrected chi connectivity index (χ1v) is 13.0. The summed E-state index contributed by atoms with van der Waals surface area (Å²) in [6.07, 6.45) is 12.9. The van der Waals surface area contributed by atoms with Crippen LogP contribution in [-0.4, -0.2) is 16.2 Å². The van der Waals surface area contributed by atoms with Gasteiger partial charge in [0.1, 0.15) is 12.3 Å². The Kier molecular flexibility index (Phi) is 7.75. The minimum absolute atomic E-state index is 0.463. The molecule has 0 atom stereocenters. The van der Waals surface area contributed by atoms with E-state index in [-0.39, 0.29) is 0 Å². The molecule has 0 radical (unpaired) electrons. The van der Waals surface area contributed by atoms with Crippen molar-refractivity contribution in [3.8, 4) is 11.3 Å². The SMILES string of the molecule is Cc1cccc(C(=C/c2ccc(-c3ccnn3OCc3ccccc3)cc2)/C2=C/CCCCC=N2)c1C. The third-order valence-electron chi connectivity index (χ3n) is 6.85. The molecule has 1 aliphatic heterocycles. The molecule has 186 valence electrons. The molecule has 4 aromatic rings. The molecule has 0 saturated carbocycles. The van der Waals surface area contributed by atoms with Crippen LogP contribution in [0.3, 0.4) is 0 Å². The maximum Gasteiger partial charge on any atom is 0.142 e. The fourth-order valence-electron chi connectivity index (χ4n) is 4.57. The Morgan fingerprint density at radius 2 is 1.70 bits per heavy atom. The van der Waals surface area contributed by atoms with Gasteiger partial charge < -0.3 is 4.84 Å². The van der Waals surface area contributed by atoms with Crippen LogP contribution in [0.2, 0.25) is 0 Å². The Labute approximate surface area is 219 Å². The maximum atomic E-state index is 5.97. The van der Waals surface area contributed by atoms with Gasteiger partial charge in [0.15, 0.2) is 0 Å². The molecule has 1 aliphatic rings. The van der Waals surface area contributed by atoms with Crippen molar-refractivity contribution in [2.24, 2.45) is 4.99 Å². The van der Waals surface area contributed by atoms with Gasteiger partial charge in [0.05, 0.1) is 11.9 Å². The molecule has 0 N–H and O–H groups in total. The minimum Gasteiger partial charge on any atom is -0.391 e. The van der Waals surface area contributed by atoms with E-state index in [0.29, 0.717) is 6.61 Å². The number of benzene rings is 3. The first-order valence-electron chi connectivity index (χ1n) is 13.0. The summed E-state index contributed by atoms with van der Waals surface area (Å²) >= 11 is 0. The van der Waals surface area contributed by atoms with E-state index < -0.39 is 0 Å². The second-order valence-electron chi connectivity index (χ2n) is 9.46. The molecule has 0 aliphatic carbocycles. The van der Waals surface area contributed by atoms with E-state index in [9.17, 15) is 0 Å². The minimum atomic E-state index is 0.463. The zero-order valence-electron chi connectivity index (χ0n) is 21.6. The number of aliphatic imine (C=N–C) groups is 1. The molecule has 2 heterocycles. The lowest BCUT2D eigenvalue weighted by molar-refractivity contribution is 0.0737. The standard InChI is InChI=1S/C33H33N3O/c1-25-11-10-14-30(26(25)2)31(32-15-8-3-4-9-21-34-32)23-27-16-18-29(19-17-27)33-20-22-35-36(33)37-24-28-12-6-5-7-13-28/h5-7,10-23H,3-4,8-9,24H2,1-2H3/b31-23-,32-15-,34-21?. The Hall–Kier alpha value is -4.18. The van der Waals surface area contributed by atoms with Crippen molar-refractivity contribution in [3.63, 3.8) is 0 Å². The predicted octanol–water partition coefficient (Wildman–Crippen LogP) is 7.87. The summed E-state index contributed by atoms with van der Waals surface area (Å²) in [7, 11) is 0. The Bertz CT molecular complexity index is 1430. The highest BCUT2D eigenvalue weighted by atomic mass is 16.7. The van der Waals surface area contributed by atoms with E-state index in [0.717, 1.165) is 40.9 Å². The van der Waals surface area contributed by atoms with Crippen LogP contribution >= 0.6 is 0 Å². The monoisotopic (exact) mass is 487 g/mol. The van der Waals surface area contributed by atoms with Gasteiger partial charge >= 0.3 is 0 Å². The number of hydrogen-bond acceptors (Lipinski definition) is 3. The van der Waals surface area contributed by atoms with Crippen molar-refractivity contribution in [1.29, 1.82) is 0 Å². The lowest BCUT2D eigenvalue weighted by atomic mass is 9.92. The Morgan fingerprint density at radius 1 is 0.892 bits per heavy atom. The Morgan fingerprint density at radius 3 is 2.54 bits per heavy atom. The molecule has 0 saturated heterocycles. The van der Waals surface area contributed by atoms with Gasteiger partial charge in [0, 0.05) is 17.4 Å². The van der Waals surface area contributed by atoms with Crippen molar-refractivity contribution in [2.75, 3.05) is 0 Å². The highest BCUT2D eigenvalue weighted by molar-refractivity contribution is 5.93. The first-order chi connectivity index (χ1) is 18.2. The third kappa shape index (κ3) is 5.97. The van der Waals surface area contributed by atoms with Crippen LogP contribution in [0.4, 0.5) is 0 Å². The summed E-state index contributed by atoms with van der Waals surface area (Å²) in [5.74, 6) is 0. The number of aromatic nitrogens is 2. The molecule has 0 fully saturated rings. The summed E-state index contributed by atoms with van der Waals surface area (Å²) in [5, 5.41) is 4.37. The van der Waals surface area contributed by atoms with Gasteiger partial charge in [0.25, 0.3) is 0 Å². The third-order valence-corrected chi connectivity index (χ3v) is 6.85. The molecule has 0 unspecified atom stereocenters. The molecular weight excluding hydrogens is 454 g/mol. The summed E-state index contributed by atoms with van der Waals surface area (Å²) in [5.41, 5.74) is 10.3. The maximum absolute atomic E-state index is 5.97. The zero-order valence-corrected chi connectivity index (χ0v) is 21.6. The van der Waals surface area contributed by atoms with Crippen LogP contribution in [0.1, 0.15) is 53.5 Å². The summed E-state index contributed by atoms with van der Waals surface area (Å²) in [6.45, 7) is 4.83. The van der Waals surface area contributed by atoms with Crippen molar-refractivity contribution in [3.05, 3.63) is 125 Å². The Balaban J connectivity index is 1.44.